The summed E-state index contributed by atoms with van der Waals surface area (Å²) in [6, 6.07) is 8.74. The zero-order valence-corrected chi connectivity index (χ0v) is 32.5. The molecule has 2 aromatic carbocycles. The summed E-state index contributed by atoms with van der Waals surface area (Å²) < 4.78 is 5.60. The molecule has 8 rings (SSSR count). The number of aliphatic hydroxyl groups excluding tert-OH is 1. The molecular formula is C41H50N10O6. The first kappa shape index (κ1) is 38.5. The molecule has 0 unspecified atom stereocenters. The van der Waals surface area contributed by atoms with E-state index >= 15 is 0 Å². The number of piperazine rings is 1. The van der Waals surface area contributed by atoms with Crippen LogP contribution in [0.1, 0.15) is 63.6 Å². The highest BCUT2D eigenvalue weighted by Gasteiger charge is 2.34. The summed E-state index contributed by atoms with van der Waals surface area (Å²) in [6.07, 6.45) is 3.96. The number of aromatic nitrogens is 4. The number of nitrogens with two attached hydrogens (primary N) is 1. The van der Waals surface area contributed by atoms with Gasteiger partial charge in [-0.15, -0.1) is 0 Å². The van der Waals surface area contributed by atoms with Crippen molar-refractivity contribution >= 4 is 23.6 Å². The van der Waals surface area contributed by atoms with Gasteiger partial charge in [0.25, 0.3) is 5.91 Å². The average Bonchev–Trinajstić information content (AvgIpc) is 3.64. The molecule has 16 heteroatoms. The Morgan fingerprint density at radius 2 is 1.68 bits per heavy atom. The number of benzene rings is 2. The van der Waals surface area contributed by atoms with Crippen molar-refractivity contribution in [3.63, 3.8) is 0 Å². The van der Waals surface area contributed by atoms with Gasteiger partial charge in [-0.3, -0.25) is 19.4 Å². The highest BCUT2D eigenvalue weighted by atomic mass is 16.5. The number of aliphatic hydroxyl groups is 1. The lowest BCUT2D eigenvalue weighted by Gasteiger charge is -2.42. The van der Waals surface area contributed by atoms with E-state index in [1.54, 1.807) is 23.4 Å². The molecule has 6 heterocycles. The van der Waals surface area contributed by atoms with Crippen LogP contribution in [0, 0.1) is 0 Å². The van der Waals surface area contributed by atoms with Crippen molar-refractivity contribution in [1.29, 1.82) is 0 Å². The van der Waals surface area contributed by atoms with Crippen LogP contribution in [0.2, 0.25) is 0 Å². The first-order chi connectivity index (χ1) is 27.5. The summed E-state index contributed by atoms with van der Waals surface area (Å²) >= 11 is 0. The molecule has 0 aliphatic carbocycles. The summed E-state index contributed by atoms with van der Waals surface area (Å²) in [5, 5.41) is 31.2. The molecule has 2 aromatic heterocycles. The molecule has 16 nitrogen and oxygen atoms in total. The Labute approximate surface area is 331 Å². The van der Waals surface area contributed by atoms with E-state index in [1.807, 2.05) is 18.7 Å². The molecule has 0 radical (unpaired) electrons. The van der Waals surface area contributed by atoms with Crippen LogP contribution in [0.3, 0.4) is 0 Å². The minimum absolute atomic E-state index is 0.00806. The number of morpholine rings is 1. The van der Waals surface area contributed by atoms with Gasteiger partial charge in [0, 0.05) is 89.5 Å². The van der Waals surface area contributed by atoms with E-state index < -0.39 is 0 Å². The van der Waals surface area contributed by atoms with Crippen molar-refractivity contribution < 1.29 is 29.6 Å². The summed E-state index contributed by atoms with van der Waals surface area (Å²) in [5.41, 5.74) is 12.4. The van der Waals surface area contributed by atoms with Crippen molar-refractivity contribution in [2.24, 2.45) is 0 Å². The summed E-state index contributed by atoms with van der Waals surface area (Å²) in [6.45, 7) is 11.0. The molecule has 0 bridgehead atoms. The Balaban J connectivity index is 0.895. The number of phenolic OH excluding ortho intramolecular Hbond substituents is 2. The van der Waals surface area contributed by atoms with Gasteiger partial charge in [0.05, 0.1) is 49.2 Å². The van der Waals surface area contributed by atoms with Gasteiger partial charge in [-0.2, -0.15) is 0 Å². The predicted molar refractivity (Wildman–Crippen MR) is 211 cm³/mol. The zero-order chi connectivity index (χ0) is 39.8. The number of nitrogens with zero attached hydrogens (tertiary/aromatic N) is 9. The molecule has 4 aromatic rings. The van der Waals surface area contributed by atoms with E-state index in [4.69, 9.17) is 20.4 Å². The fourth-order valence-electron chi connectivity index (χ4n) is 8.40. The molecule has 5 N–H and O–H groups in total. The van der Waals surface area contributed by atoms with Crippen LogP contribution in [-0.4, -0.2) is 138 Å². The molecule has 57 heavy (non-hydrogen) atoms. The molecule has 2 fully saturated rings. The van der Waals surface area contributed by atoms with Gasteiger partial charge < -0.3 is 40.5 Å². The fourth-order valence-corrected chi connectivity index (χ4v) is 8.40. The number of aromatic hydroxyl groups is 2. The highest BCUT2D eigenvalue weighted by Crippen LogP contribution is 2.35. The average molecular weight is 779 g/mol. The molecule has 0 spiro atoms. The maximum atomic E-state index is 13.9. The van der Waals surface area contributed by atoms with E-state index in [2.05, 4.69) is 42.9 Å². The Bertz CT molecular complexity index is 2140. The maximum absolute atomic E-state index is 13.9. The van der Waals surface area contributed by atoms with Crippen LogP contribution < -0.4 is 10.6 Å². The Kier molecular flexibility index (Phi) is 10.9. The summed E-state index contributed by atoms with van der Waals surface area (Å²) in [5.74, 6) is 1.02. The number of carbonyl (C=O) groups is 2. The van der Waals surface area contributed by atoms with Crippen LogP contribution in [0.25, 0.3) is 11.4 Å². The minimum Gasteiger partial charge on any atom is -0.508 e. The van der Waals surface area contributed by atoms with Crippen LogP contribution in [0.4, 0.5) is 11.8 Å². The van der Waals surface area contributed by atoms with E-state index in [1.165, 1.54) is 6.07 Å². The van der Waals surface area contributed by atoms with Gasteiger partial charge in [-0.25, -0.2) is 19.9 Å². The Morgan fingerprint density at radius 1 is 0.912 bits per heavy atom. The first-order valence-electron chi connectivity index (χ1n) is 19.7. The first-order valence-corrected chi connectivity index (χ1v) is 19.7. The number of carbonyl (C=O) groups excluding carboxylic acids is 2. The number of amides is 2. The lowest BCUT2D eigenvalue weighted by atomic mass is 9.98. The second-order valence-corrected chi connectivity index (χ2v) is 15.7. The molecule has 0 saturated carbocycles. The quantitative estimate of drug-likeness (QED) is 0.193. The van der Waals surface area contributed by atoms with Crippen molar-refractivity contribution in [1.82, 2.24) is 39.5 Å². The Morgan fingerprint density at radius 3 is 2.44 bits per heavy atom. The molecule has 1 atom stereocenters. The molecule has 4 aliphatic heterocycles. The second-order valence-electron chi connectivity index (χ2n) is 15.7. The smallest absolute Gasteiger partial charge is 0.258 e. The van der Waals surface area contributed by atoms with Crippen molar-refractivity contribution in [3.05, 3.63) is 81.8 Å². The highest BCUT2D eigenvalue weighted by molar-refractivity contribution is 5.97. The zero-order valence-electron chi connectivity index (χ0n) is 32.5. The maximum Gasteiger partial charge on any atom is 0.258 e. The number of rotatable bonds is 9. The van der Waals surface area contributed by atoms with Gasteiger partial charge in [-0.05, 0) is 40.7 Å². The number of anilines is 2. The topological polar surface area (TPSA) is 198 Å². The number of hydrogen-bond acceptors (Lipinski definition) is 14. The number of phenols is 2. The fraction of sp³-hybridized carbons (Fsp3) is 0.463. The van der Waals surface area contributed by atoms with Gasteiger partial charge in [0.1, 0.15) is 17.3 Å². The van der Waals surface area contributed by atoms with E-state index in [0.717, 1.165) is 46.9 Å². The van der Waals surface area contributed by atoms with E-state index in [0.29, 0.717) is 88.9 Å². The van der Waals surface area contributed by atoms with Crippen molar-refractivity contribution in [3.8, 4) is 22.9 Å². The van der Waals surface area contributed by atoms with E-state index in [9.17, 15) is 24.9 Å². The third kappa shape index (κ3) is 8.08. The van der Waals surface area contributed by atoms with Crippen molar-refractivity contribution in [2.75, 3.05) is 76.3 Å². The van der Waals surface area contributed by atoms with Gasteiger partial charge in [-0.1, -0.05) is 32.0 Å². The molecule has 2 amide bonds. The van der Waals surface area contributed by atoms with Gasteiger partial charge in [0.2, 0.25) is 11.9 Å². The largest absolute Gasteiger partial charge is 0.508 e. The van der Waals surface area contributed by atoms with Crippen LogP contribution in [0.15, 0.2) is 42.7 Å². The van der Waals surface area contributed by atoms with Crippen molar-refractivity contribution in [2.45, 2.75) is 58.4 Å². The molecule has 300 valence electrons. The molecular weight excluding hydrogens is 729 g/mol. The van der Waals surface area contributed by atoms with Crippen LogP contribution in [0.5, 0.6) is 11.5 Å². The predicted octanol–water partition coefficient (Wildman–Crippen LogP) is 2.11. The monoisotopic (exact) mass is 778 g/mol. The normalized spacial score (nSPS) is 18.9. The third-order valence-electron chi connectivity index (χ3n) is 11.5. The molecule has 2 saturated heterocycles. The SMILES string of the molecule is CC(C)c1cc(C(=O)N2Cc3ccc(CN4CCN(C(=O)CN5CCc6c(nc(-c7cnc(N)nc7)nc6N6CCOCC6)C5)[C@H](CO)C4)cc3C2)c(O)cc1O. The van der Waals surface area contributed by atoms with Gasteiger partial charge in [0.15, 0.2) is 5.82 Å². The van der Waals surface area contributed by atoms with Crippen LogP contribution in [-0.2, 0) is 42.1 Å². The van der Waals surface area contributed by atoms with E-state index in [-0.39, 0.29) is 59.9 Å². The van der Waals surface area contributed by atoms with Crippen LogP contribution >= 0.6 is 0 Å². The number of ether oxygens (including phenoxy) is 1. The Hall–Kier alpha value is -5.42. The van der Waals surface area contributed by atoms with Gasteiger partial charge >= 0.3 is 0 Å². The number of fused-ring (bicyclic) bond motifs is 2. The summed E-state index contributed by atoms with van der Waals surface area (Å²) in [4.78, 5) is 55.7. The third-order valence-corrected chi connectivity index (χ3v) is 11.5. The standard InChI is InChI=1S/C41H50N10O6/c1-25(2)32-14-33(36(54)15-35(32)53)40(56)50-19-27-4-3-26(13-28(27)20-50)18-48-7-8-51(30(21-48)24-52)37(55)23-47-6-5-31-34(22-47)45-38(29-16-43-41(42)44-17-29)46-39(31)49-9-11-57-12-10-49/h3-4,13-17,25,30,52-54H,5-12,18-24H2,1-2H3,(H2,42,43,44)/t30-/m0/s1. The second kappa shape index (κ2) is 16.2. The lowest BCUT2D eigenvalue weighted by molar-refractivity contribution is -0.139. The number of nitrogen functional groups attached to an aromatic ring is 1. The lowest BCUT2D eigenvalue weighted by Crippen LogP contribution is -2.58. The molecule has 4 aliphatic rings. The number of hydrogen-bond donors (Lipinski definition) is 4. The minimum atomic E-state index is -0.341. The summed E-state index contributed by atoms with van der Waals surface area (Å²) in [7, 11) is 0.